The minimum absolute atomic E-state index is 0.811. The maximum atomic E-state index is 6.56. The van der Waals surface area contributed by atoms with E-state index in [9.17, 15) is 0 Å². The first-order chi connectivity index (χ1) is 40.2. The van der Waals surface area contributed by atoms with Crippen LogP contribution in [-0.2, 0) is 12.8 Å². The van der Waals surface area contributed by atoms with Crippen LogP contribution in [0.2, 0.25) is 0 Å². The van der Waals surface area contributed by atoms with Gasteiger partial charge in [-0.15, -0.1) is 0 Å². The summed E-state index contributed by atoms with van der Waals surface area (Å²) in [5.41, 5.74) is 16.6. The van der Waals surface area contributed by atoms with Crippen LogP contribution < -0.4 is 14.5 Å². The van der Waals surface area contributed by atoms with E-state index in [2.05, 4.69) is 306 Å². The maximum absolute atomic E-state index is 6.56. The first-order valence-electron chi connectivity index (χ1n) is 27.6. The molecular formula is C77H59N3O. The summed E-state index contributed by atoms with van der Waals surface area (Å²) in [7, 11) is 0. The van der Waals surface area contributed by atoms with E-state index in [1.165, 1.54) is 44.5 Å². The second-order valence-corrected chi connectivity index (χ2v) is 19.9. The first-order valence-corrected chi connectivity index (χ1v) is 27.6. The van der Waals surface area contributed by atoms with Gasteiger partial charge in [0.25, 0.3) is 0 Å². The van der Waals surface area contributed by atoms with Crippen molar-refractivity contribution in [1.29, 1.82) is 0 Å². The number of ether oxygens (including phenoxy) is 1. The molecule has 388 valence electrons. The molecule has 13 rings (SSSR count). The molecular weight excluding hydrogens is 983 g/mol. The second kappa shape index (κ2) is 24.8. The molecule has 81 heavy (non-hydrogen) atoms. The fourth-order valence-electron chi connectivity index (χ4n) is 10.5. The largest absolute Gasteiger partial charge is 0.456 e. The van der Waals surface area contributed by atoms with Crippen LogP contribution in [0.3, 0.4) is 0 Å². The summed E-state index contributed by atoms with van der Waals surface area (Å²) in [5, 5.41) is 4.37. The van der Waals surface area contributed by atoms with Crippen molar-refractivity contribution in [2.45, 2.75) is 12.8 Å². The average molecular weight is 1040 g/mol. The van der Waals surface area contributed by atoms with Crippen LogP contribution in [0.5, 0.6) is 11.5 Å². The predicted octanol–water partition coefficient (Wildman–Crippen LogP) is 21.1. The molecule has 0 bridgehead atoms. The molecule has 0 aliphatic heterocycles. The van der Waals surface area contributed by atoms with Crippen molar-refractivity contribution in [2.24, 2.45) is 0 Å². The number of benzene rings is 12. The Bertz CT molecular complexity index is 3980. The summed E-state index contributed by atoms with van der Waals surface area (Å²) in [4.78, 5) is 9.03. The highest BCUT2D eigenvalue weighted by Gasteiger charge is 2.18. The van der Waals surface area contributed by atoms with Crippen LogP contribution in [0.15, 0.2) is 322 Å². The third kappa shape index (κ3) is 12.1. The van der Waals surface area contributed by atoms with Crippen LogP contribution in [0.25, 0.3) is 56.0 Å². The Labute approximate surface area is 475 Å². The molecule has 0 aliphatic rings. The van der Waals surface area contributed by atoms with Crippen LogP contribution in [0, 0.1) is 0 Å². The van der Waals surface area contributed by atoms with Gasteiger partial charge in [0, 0.05) is 62.7 Å². The Morgan fingerprint density at radius 3 is 1.14 bits per heavy atom. The van der Waals surface area contributed by atoms with Gasteiger partial charge in [-0.25, -0.2) is 0 Å². The Kier molecular flexibility index (Phi) is 15.7. The van der Waals surface area contributed by atoms with Crippen molar-refractivity contribution >= 4 is 67.8 Å². The molecule has 0 radical (unpaired) electrons. The van der Waals surface area contributed by atoms with Crippen molar-refractivity contribution < 1.29 is 4.74 Å². The van der Waals surface area contributed by atoms with E-state index < -0.39 is 0 Å². The Morgan fingerprint density at radius 1 is 0.296 bits per heavy atom. The number of anilines is 6. The van der Waals surface area contributed by atoms with Gasteiger partial charge in [-0.3, -0.25) is 4.98 Å². The number of pyridine rings is 1. The highest BCUT2D eigenvalue weighted by Crippen LogP contribution is 2.45. The Morgan fingerprint density at radius 2 is 0.654 bits per heavy atom. The van der Waals surface area contributed by atoms with Crippen LogP contribution in [0.4, 0.5) is 34.1 Å². The SMILES string of the molecule is C(=C\c1ccc(N(c2ccccc2)c2ccccc2)cc1)/c1ccc(CCc2ccc(N(c3ccccc3)c3ccccc3)cc2)cc1.c1ccc(-c2ccc(Oc3c4ccccc4c(-c4ccccc4)c4cnccc34)cc2)cc1. The summed E-state index contributed by atoms with van der Waals surface area (Å²) in [5.74, 6) is 1.67. The van der Waals surface area contributed by atoms with Crippen molar-refractivity contribution in [1.82, 2.24) is 4.98 Å². The molecule has 0 unspecified atom stereocenters. The van der Waals surface area contributed by atoms with E-state index in [0.717, 1.165) is 80.0 Å². The highest BCUT2D eigenvalue weighted by atomic mass is 16.5. The molecule has 4 nitrogen and oxygen atoms in total. The third-order valence-electron chi connectivity index (χ3n) is 14.6. The summed E-state index contributed by atoms with van der Waals surface area (Å²) in [6, 6.07) is 108. The van der Waals surface area contributed by atoms with Gasteiger partial charge < -0.3 is 14.5 Å². The van der Waals surface area contributed by atoms with Crippen molar-refractivity contribution in [3.63, 3.8) is 0 Å². The number of nitrogens with zero attached hydrogens (tertiary/aromatic N) is 3. The smallest absolute Gasteiger partial charge is 0.143 e. The molecule has 0 atom stereocenters. The number of rotatable bonds is 15. The van der Waals surface area contributed by atoms with Crippen LogP contribution in [-0.4, -0.2) is 4.98 Å². The molecule has 0 aliphatic carbocycles. The standard InChI is InChI=1S/C46H38N2.C31H21NO/c1-5-13-41(14-6-1)47(42-15-7-2-8-16-42)45-33-29-39(30-34-45)27-25-37-21-23-38(24-22-37)26-28-40-31-35-46(36-32-40)48(43-17-9-3-10-18-43)44-19-11-4-12-20-44;1-3-9-22(10-4-1)23-15-17-25(18-16-23)33-31-27-14-8-7-13-26(27)30(24-11-5-2-6-12-24)29-21-32-20-19-28(29)31/h1-25,27,29-36H,26,28H2;1-21H/b27-25+;. The van der Waals surface area contributed by atoms with Gasteiger partial charge in [0.1, 0.15) is 11.5 Å². The van der Waals surface area contributed by atoms with E-state index in [1.54, 1.807) is 0 Å². The zero-order valence-electron chi connectivity index (χ0n) is 44.9. The molecule has 0 N–H and O–H groups in total. The number of para-hydroxylation sites is 4. The zero-order valence-corrected chi connectivity index (χ0v) is 44.9. The molecule has 0 saturated carbocycles. The lowest BCUT2D eigenvalue weighted by Crippen LogP contribution is -2.09. The van der Waals surface area contributed by atoms with Gasteiger partial charge in [0.05, 0.1) is 0 Å². The second-order valence-electron chi connectivity index (χ2n) is 19.9. The molecule has 1 heterocycles. The van der Waals surface area contributed by atoms with Crippen LogP contribution >= 0.6 is 0 Å². The lowest BCUT2D eigenvalue weighted by Gasteiger charge is -2.25. The topological polar surface area (TPSA) is 28.6 Å². The maximum Gasteiger partial charge on any atom is 0.143 e. The fourth-order valence-corrected chi connectivity index (χ4v) is 10.5. The van der Waals surface area contributed by atoms with E-state index in [1.807, 2.05) is 42.7 Å². The van der Waals surface area contributed by atoms with Gasteiger partial charge in [-0.1, -0.05) is 231 Å². The van der Waals surface area contributed by atoms with Gasteiger partial charge >= 0.3 is 0 Å². The first kappa shape index (κ1) is 51.2. The van der Waals surface area contributed by atoms with E-state index in [0.29, 0.717) is 0 Å². The molecule has 0 amide bonds. The minimum Gasteiger partial charge on any atom is -0.456 e. The molecule has 12 aromatic carbocycles. The number of hydrogen-bond donors (Lipinski definition) is 0. The molecule has 0 saturated heterocycles. The molecule has 13 aromatic rings. The monoisotopic (exact) mass is 1040 g/mol. The number of fused-ring (bicyclic) bond motifs is 2. The summed E-state index contributed by atoms with van der Waals surface area (Å²) in [6.45, 7) is 0. The van der Waals surface area contributed by atoms with E-state index >= 15 is 0 Å². The van der Waals surface area contributed by atoms with Gasteiger partial charge in [-0.2, -0.15) is 0 Å². The fraction of sp³-hybridized carbons (Fsp3) is 0.0260. The van der Waals surface area contributed by atoms with Gasteiger partial charge in [0.15, 0.2) is 0 Å². The lowest BCUT2D eigenvalue weighted by atomic mass is 9.92. The normalized spacial score (nSPS) is 11.0. The van der Waals surface area contributed by atoms with E-state index in [4.69, 9.17) is 4.74 Å². The average Bonchev–Trinajstić information content (AvgIpc) is 3.69. The number of aromatic nitrogens is 1. The third-order valence-corrected chi connectivity index (χ3v) is 14.6. The summed E-state index contributed by atoms with van der Waals surface area (Å²) < 4.78 is 6.56. The zero-order chi connectivity index (χ0) is 54.4. The molecule has 0 spiro atoms. The van der Waals surface area contributed by atoms with Gasteiger partial charge in [0.2, 0.25) is 0 Å². The number of aryl methyl sites for hydroxylation is 2. The Hall–Kier alpha value is -10.6. The highest BCUT2D eigenvalue weighted by molar-refractivity contribution is 6.16. The lowest BCUT2D eigenvalue weighted by molar-refractivity contribution is 0.494. The number of hydrogen-bond acceptors (Lipinski definition) is 4. The summed E-state index contributed by atoms with van der Waals surface area (Å²) >= 11 is 0. The Balaban J connectivity index is 0.000000172. The van der Waals surface area contributed by atoms with Crippen molar-refractivity contribution in [3.8, 4) is 33.8 Å². The van der Waals surface area contributed by atoms with Crippen molar-refractivity contribution in [3.05, 3.63) is 344 Å². The molecule has 1 aromatic heterocycles. The molecule has 4 heteroatoms. The van der Waals surface area contributed by atoms with Gasteiger partial charge in [-0.05, 0) is 154 Å². The van der Waals surface area contributed by atoms with Crippen LogP contribution in [0.1, 0.15) is 22.3 Å². The predicted molar refractivity (Wildman–Crippen MR) is 342 cm³/mol. The molecule has 0 fully saturated rings. The summed E-state index contributed by atoms with van der Waals surface area (Å²) in [6.07, 6.45) is 10.2. The van der Waals surface area contributed by atoms with Crippen molar-refractivity contribution in [2.75, 3.05) is 9.80 Å². The van der Waals surface area contributed by atoms with E-state index in [-0.39, 0.29) is 0 Å². The minimum atomic E-state index is 0.811. The quantitative estimate of drug-likeness (QED) is 0.0756.